The van der Waals surface area contributed by atoms with Crippen LogP contribution in [0.3, 0.4) is 0 Å². The van der Waals surface area contributed by atoms with Crippen molar-refractivity contribution in [1.82, 2.24) is 10.2 Å². The van der Waals surface area contributed by atoms with Gasteiger partial charge in [0.25, 0.3) is 10.0 Å². The quantitative estimate of drug-likeness (QED) is 0.631. The second-order valence-electron chi connectivity index (χ2n) is 3.88. The molecular weight excluding hydrogens is 286 g/mol. The van der Waals surface area contributed by atoms with Crippen LogP contribution in [0.25, 0.3) is 0 Å². The topological polar surface area (TPSA) is 132 Å². The van der Waals surface area contributed by atoms with E-state index in [1.54, 1.807) is 12.1 Å². The van der Waals surface area contributed by atoms with Gasteiger partial charge >= 0.3 is 5.97 Å². The number of aromatic amines is 1. The van der Waals surface area contributed by atoms with Crippen molar-refractivity contribution in [3.05, 3.63) is 41.6 Å². The van der Waals surface area contributed by atoms with Crippen molar-refractivity contribution in [3.63, 3.8) is 0 Å². The standard InChI is InChI=1S/C11H11N3O5S/c15-6-7-1-3-8(4-2-7)14-20(18,19)10-9(11(16)17)5-12-13-10/h1-5,14-15H,6H2,(H,12,13)(H,16,17). The van der Waals surface area contributed by atoms with Crippen LogP contribution in [-0.2, 0) is 16.6 Å². The first-order chi connectivity index (χ1) is 9.44. The van der Waals surface area contributed by atoms with Crippen LogP contribution in [0.5, 0.6) is 0 Å². The molecule has 0 saturated carbocycles. The summed E-state index contributed by atoms with van der Waals surface area (Å²) in [5, 5.41) is 22.8. The van der Waals surface area contributed by atoms with E-state index < -0.39 is 26.6 Å². The number of carbonyl (C=O) groups is 1. The number of nitrogens with one attached hydrogen (secondary N) is 2. The minimum absolute atomic E-state index is 0.156. The molecular formula is C11H11N3O5S. The summed E-state index contributed by atoms with van der Waals surface area (Å²) in [6.07, 6.45) is 0.922. The molecule has 1 aromatic carbocycles. The average Bonchev–Trinajstić information content (AvgIpc) is 2.89. The Labute approximate surface area is 114 Å². The second kappa shape index (κ2) is 5.31. The maximum atomic E-state index is 12.0. The van der Waals surface area contributed by atoms with Crippen molar-refractivity contribution in [2.45, 2.75) is 11.6 Å². The molecule has 0 bridgehead atoms. The van der Waals surface area contributed by atoms with Gasteiger partial charge in [-0.15, -0.1) is 0 Å². The number of benzene rings is 1. The zero-order valence-electron chi connectivity index (χ0n) is 10.1. The van der Waals surface area contributed by atoms with E-state index in [1.807, 2.05) is 0 Å². The number of carboxylic acids is 1. The largest absolute Gasteiger partial charge is 0.478 e. The lowest BCUT2D eigenvalue weighted by Crippen LogP contribution is -2.16. The first-order valence-electron chi connectivity index (χ1n) is 5.43. The third-order valence-corrected chi connectivity index (χ3v) is 3.85. The Morgan fingerprint density at radius 3 is 2.50 bits per heavy atom. The third-order valence-electron chi connectivity index (χ3n) is 2.49. The lowest BCUT2D eigenvalue weighted by molar-refractivity contribution is 0.0692. The lowest BCUT2D eigenvalue weighted by atomic mass is 10.2. The fraction of sp³-hybridized carbons (Fsp3) is 0.0909. The number of rotatable bonds is 5. The minimum atomic E-state index is -4.08. The van der Waals surface area contributed by atoms with Gasteiger partial charge in [-0.05, 0) is 17.7 Å². The van der Waals surface area contributed by atoms with Crippen LogP contribution in [0, 0.1) is 0 Å². The maximum Gasteiger partial charge on any atom is 0.340 e. The predicted octanol–water partition coefficient (Wildman–Crippen LogP) is 0.401. The van der Waals surface area contributed by atoms with Crippen LogP contribution >= 0.6 is 0 Å². The van der Waals surface area contributed by atoms with Gasteiger partial charge in [0.2, 0.25) is 0 Å². The number of aliphatic hydroxyl groups excluding tert-OH is 1. The fourth-order valence-corrected chi connectivity index (χ4v) is 2.67. The molecule has 2 aromatic rings. The maximum absolute atomic E-state index is 12.0. The number of aromatic nitrogens is 2. The second-order valence-corrected chi connectivity index (χ2v) is 5.50. The molecule has 2 rings (SSSR count). The summed E-state index contributed by atoms with van der Waals surface area (Å²) in [6, 6.07) is 6.01. The van der Waals surface area contributed by atoms with Crippen molar-refractivity contribution < 1.29 is 23.4 Å². The first kappa shape index (κ1) is 14.0. The molecule has 0 fully saturated rings. The van der Waals surface area contributed by atoms with E-state index in [2.05, 4.69) is 14.9 Å². The van der Waals surface area contributed by atoms with Crippen LogP contribution in [0.15, 0.2) is 35.5 Å². The number of anilines is 1. The monoisotopic (exact) mass is 297 g/mol. The van der Waals surface area contributed by atoms with Gasteiger partial charge in [-0.25, -0.2) is 4.79 Å². The predicted molar refractivity (Wildman–Crippen MR) is 68.7 cm³/mol. The van der Waals surface area contributed by atoms with Gasteiger partial charge in [0.05, 0.1) is 12.8 Å². The molecule has 20 heavy (non-hydrogen) atoms. The molecule has 0 saturated heterocycles. The lowest BCUT2D eigenvalue weighted by Gasteiger charge is -2.07. The van der Waals surface area contributed by atoms with Crippen LogP contribution in [0.1, 0.15) is 15.9 Å². The highest BCUT2D eigenvalue weighted by Gasteiger charge is 2.24. The Kier molecular flexibility index (Phi) is 3.72. The summed E-state index contributed by atoms with van der Waals surface area (Å²) < 4.78 is 26.3. The van der Waals surface area contributed by atoms with Crippen molar-refractivity contribution in [3.8, 4) is 0 Å². The van der Waals surface area contributed by atoms with Gasteiger partial charge in [-0.3, -0.25) is 9.82 Å². The number of aromatic carboxylic acids is 1. The Bertz CT molecular complexity index is 721. The summed E-state index contributed by atoms with van der Waals surface area (Å²) in [4.78, 5) is 10.9. The smallest absolute Gasteiger partial charge is 0.340 e. The molecule has 0 aliphatic heterocycles. The summed E-state index contributed by atoms with van der Waals surface area (Å²) in [5.41, 5.74) is 0.429. The molecule has 0 aliphatic rings. The highest BCUT2D eigenvalue weighted by Crippen LogP contribution is 2.18. The number of nitrogens with zero attached hydrogens (tertiary/aromatic N) is 1. The van der Waals surface area contributed by atoms with Crippen molar-refractivity contribution in [2.75, 3.05) is 4.72 Å². The van der Waals surface area contributed by atoms with Gasteiger partial charge in [0.15, 0.2) is 5.03 Å². The minimum Gasteiger partial charge on any atom is -0.478 e. The van der Waals surface area contributed by atoms with Gasteiger partial charge in [-0.1, -0.05) is 12.1 Å². The van der Waals surface area contributed by atoms with E-state index in [1.165, 1.54) is 12.1 Å². The molecule has 0 aliphatic carbocycles. The molecule has 0 atom stereocenters. The molecule has 1 aromatic heterocycles. The fourth-order valence-electron chi connectivity index (χ4n) is 1.52. The molecule has 0 radical (unpaired) electrons. The number of H-pyrrole nitrogens is 1. The Morgan fingerprint density at radius 2 is 1.95 bits per heavy atom. The Hall–Kier alpha value is -2.39. The van der Waals surface area contributed by atoms with Crippen LogP contribution in [0.4, 0.5) is 5.69 Å². The van der Waals surface area contributed by atoms with Crippen molar-refractivity contribution >= 4 is 21.7 Å². The van der Waals surface area contributed by atoms with E-state index in [9.17, 15) is 13.2 Å². The molecule has 106 valence electrons. The molecule has 0 spiro atoms. The molecule has 9 heteroatoms. The van der Waals surface area contributed by atoms with Crippen LogP contribution in [0.2, 0.25) is 0 Å². The van der Waals surface area contributed by atoms with Crippen LogP contribution in [-0.4, -0.2) is 34.8 Å². The highest BCUT2D eigenvalue weighted by atomic mass is 32.2. The van der Waals surface area contributed by atoms with E-state index in [0.29, 0.717) is 5.56 Å². The molecule has 1 heterocycles. The number of aliphatic hydroxyl groups is 1. The molecule has 4 N–H and O–H groups in total. The van der Waals surface area contributed by atoms with Gasteiger partial charge in [0, 0.05) is 5.69 Å². The summed E-state index contributed by atoms with van der Waals surface area (Å²) in [5.74, 6) is -1.39. The number of hydrogen-bond acceptors (Lipinski definition) is 5. The SMILES string of the molecule is O=C(O)c1cn[nH]c1S(=O)(=O)Nc1ccc(CO)cc1. The number of sulfonamides is 1. The summed E-state index contributed by atoms with van der Waals surface area (Å²) in [6.45, 7) is -0.156. The van der Waals surface area contributed by atoms with E-state index in [4.69, 9.17) is 10.2 Å². The van der Waals surface area contributed by atoms with E-state index in [0.717, 1.165) is 6.20 Å². The van der Waals surface area contributed by atoms with Gasteiger partial charge in [0.1, 0.15) is 5.56 Å². The van der Waals surface area contributed by atoms with Gasteiger partial charge < -0.3 is 10.2 Å². The third kappa shape index (κ3) is 2.78. The number of carboxylic acid groups (broad SMARTS) is 1. The van der Waals surface area contributed by atoms with Crippen LogP contribution < -0.4 is 4.72 Å². The highest BCUT2D eigenvalue weighted by molar-refractivity contribution is 7.92. The van der Waals surface area contributed by atoms with Crippen molar-refractivity contribution in [1.29, 1.82) is 0 Å². The normalized spacial score (nSPS) is 11.2. The Balaban J connectivity index is 2.30. The Morgan fingerprint density at radius 1 is 1.30 bits per heavy atom. The molecule has 8 nitrogen and oxygen atoms in total. The molecule has 0 amide bonds. The first-order valence-corrected chi connectivity index (χ1v) is 6.91. The summed E-state index contributed by atoms with van der Waals surface area (Å²) >= 11 is 0. The number of hydrogen-bond donors (Lipinski definition) is 4. The average molecular weight is 297 g/mol. The zero-order chi connectivity index (χ0) is 14.8. The summed E-state index contributed by atoms with van der Waals surface area (Å²) in [7, 11) is -4.08. The van der Waals surface area contributed by atoms with Gasteiger partial charge in [-0.2, -0.15) is 13.5 Å². The van der Waals surface area contributed by atoms with E-state index >= 15 is 0 Å². The zero-order valence-corrected chi connectivity index (χ0v) is 10.9. The van der Waals surface area contributed by atoms with E-state index in [-0.39, 0.29) is 12.3 Å². The molecule has 0 unspecified atom stereocenters. The van der Waals surface area contributed by atoms with Crippen molar-refractivity contribution in [2.24, 2.45) is 0 Å².